The first-order valence-electron chi connectivity index (χ1n) is 5.13. The van der Waals surface area contributed by atoms with E-state index < -0.39 is 0 Å². The summed E-state index contributed by atoms with van der Waals surface area (Å²) in [5.74, 6) is 0. The molecule has 0 aromatic heterocycles. The molecule has 0 atom stereocenters. The van der Waals surface area contributed by atoms with Gasteiger partial charge in [-0.3, -0.25) is 0 Å². The van der Waals surface area contributed by atoms with Crippen LogP contribution in [-0.2, 0) is 6.42 Å². The topological polar surface area (TPSA) is 0 Å². The van der Waals surface area contributed by atoms with Gasteiger partial charge in [-0.1, -0.05) is 53.6 Å². The van der Waals surface area contributed by atoms with Crippen molar-refractivity contribution in [2.24, 2.45) is 0 Å². The molecule has 0 amide bonds. The lowest BCUT2D eigenvalue weighted by Crippen LogP contribution is -1.88. The zero-order valence-electron chi connectivity index (χ0n) is 8.72. The van der Waals surface area contributed by atoms with Crippen molar-refractivity contribution in [1.29, 1.82) is 0 Å². The van der Waals surface area contributed by atoms with Gasteiger partial charge in [-0.05, 0) is 37.0 Å². The fourth-order valence-electron chi connectivity index (χ4n) is 1.49. The number of aryl methyl sites for hydroxylation is 1. The summed E-state index contributed by atoms with van der Waals surface area (Å²) in [6.45, 7) is 6.27. The van der Waals surface area contributed by atoms with E-state index in [0.29, 0.717) is 0 Å². The van der Waals surface area contributed by atoms with Crippen molar-refractivity contribution in [1.82, 2.24) is 0 Å². The van der Waals surface area contributed by atoms with Gasteiger partial charge in [0.2, 0.25) is 0 Å². The van der Waals surface area contributed by atoms with Crippen LogP contribution in [0.15, 0.2) is 40.9 Å². The maximum absolute atomic E-state index is 4.07. The first-order valence-corrected chi connectivity index (χ1v) is 5.92. The standard InChI is InChI=1S/C13H17Br/c1-3-5-11(2)8-9-12-6-4-7-13(14)10-12/h4,6-7,10H,2-3,5,8-9H2,1H3. The van der Waals surface area contributed by atoms with E-state index in [4.69, 9.17) is 0 Å². The fraction of sp³-hybridized carbons (Fsp3) is 0.385. The molecular formula is C13H17Br. The van der Waals surface area contributed by atoms with Crippen molar-refractivity contribution in [3.8, 4) is 0 Å². The SMILES string of the molecule is C=C(CCC)CCc1cccc(Br)c1. The van der Waals surface area contributed by atoms with E-state index in [2.05, 4.69) is 53.7 Å². The van der Waals surface area contributed by atoms with Gasteiger partial charge in [-0.15, -0.1) is 0 Å². The number of allylic oxidation sites excluding steroid dienone is 1. The normalized spacial score (nSPS) is 10.1. The van der Waals surface area contributed by atoms with E-state index in [9.17, 15) is 0 Å². The number of rotatable bonds is 5. The number of benzene rings is 1. The van der Waals surface area contributed by atoms with Crippen molar-refractivity contribution < 1.29 is 0 Å². The highest BCUT2D eigenvalue weighted by Crippen LogP contribution is 2.16. The molecule has 0 saturated heterocycles. The smallest absolute Gasteiger partial charge is 0.0177 e. The highest BCUT2D eigenvalue weighted by atomic mass is 79.9. The second-order valence-corrected chi connectivity index (χ2v) is 4.55. The first-order chi connectivity index (χ1) is 6.72. The van der Waals surface area contributed by atoms with E-state index in [1.54, 1.807) is 0 Å². The molecule has 0 saturated carbocycles. The lowest BCUT2D eigenvalue weighted by Gasteiger charge is -2.04. The third-order valence-electron chi connectivity index (χ3n) is 2.26. The molecule has 0 spiro atoms. The molecule has 1 rings (SSSR count). The monoisotopic (exact) mass is 252 g/mol. The Kier molecular flexibility index (Phi) is 4.95. The van der Waals surface area contributed by atoms with Crippen molar-refractivity contribution in [2.75, 3.05) is 0 Å². The maximum atomic E-state index is 4.07. The Bertz CT molecular complexity index is 302. The predicted molar refractivity (Wildman–Crippen MR) is 66.5 cm³/mol. The van der Waals surface area contributed by atoms with E-state index >= 15 is 0 Å². The average Bonchev–Trinajstić information content (AvgIpc) is 2.15. The predicted octanol–water partition coefficient (Wildman–Crippen LogP) is 4.74. The summed E-state index contributed by atoms with van der Waals surface area (Å²) in [6, 6.07) is 8.50. The Morgan fingerprint density at radius 3 is 2.79 bits per heavy atom. The molecule has 0 aliphatic heterocycles. The minimum Gasteiger partial charge on any atom is -0.0999 e. The molecule has 0 heterocycles. The van der Waals surface area contributed by atoms with Gasteiger partial charge in [0.25, 0.3) is 0 Å². The van der Waals surface area contributed by atoms with E-state index in [1.807, 2.05) is 0 Å². The number of hydrogen-bond acceptors (Lipinski definition) is 0. The summed E-state index contributed by atoms with van der Waals surface area (Å²) < 4.78 is 1.16. The van der Waals surface area contributed by atoms with Crippen molar-refractivity contribution in [2.45, 2.75) is 32.6 Å². The van der Waals surface area contributed by atoms with Gasteiger partial charge in [0, 0.05) is 4.47 Å². The van der Waals surface area contributed by atoms with Crippen LogP contribution < -0.4 is 0 Å². The first kappa shape index (κ1) is 11.5. The van der Waals surface area contributed by atoms with Gasteiger partial charge in [-0.2, -0.15) is 0 Å². The molecule has 0 nitrogen and oxygen atoms in total. The van der Waals surface area contributed by atoms with Gasteiger partial charge in [0.1, 0.15) is 0 Å². The molecule has 0 bridgehead atoms. The zero-order valence-corrected chi connectivity index (χ0v) is 10.3. The average molecular weight is 253 g/mol. The van der Waals surface area contributed by atoms with Crippen LogP contribution >= 0.6 is 15.9 Å². The third kappa shape index (κ3) is 4.10. The molecule has 1 aromatic carbocycles. The molecule has 1 heteroatoms. The van der Waals surface area contributed by atoms with E-state index in [0.717, 1.165) is 23.7 Å². The zero-order chi connectivity index (χ0) is 10.4. The minimum absolute atomic E-state index is 1.11. The van der Waals surface area contributed by atoms with Crippen LogP contribution in [0.5, 0.6) is 0 Å². The van der Waals surface area contributed by atoms with Crippen LogP contribution in [0.25, 0.3) is 0 Å². The van der Waals surface area contributed by atoms with Crippen molar-refractivity contribution in [3.63, 3.8) is 0 Å². The Morgan fingerprint density at radius 1 is 1.36 bits per heavy atom. The summed E-state index contributed by atoms with van der Waals surface area (Å²) >= 11 is 3.48. The van der Waals surface area contributed by atoms with Gasteiger partial charge >= 0.3 is 0 Å². The Labute approximate surface area is 95.2 Å². The van der Waals surface area contributed by atoms with Crippen LogP contribution in [0.1, 0.15) is 31.7 Å². The molecule has 0 radical (unpaired) electrons. The summed E-state index contributed by atoms with van der Waals surface area (Å²) in [6.07, 6.45) is 4.59. The molecule has 76 valence electrons. The molecule has 0 fully saturated rings. The summed E-state index contributed by atoms with van der Waals surface area (Å²) in [7, 11) is 0. The summed E-state index contributed by atoms with van der Waals surface area (Å²) in [5, 5.41) is 0. The van der Waals surface area contributed by atoms with Crippen LogP contribution in [-0.4, -0.2) is 0 Å². The number of hydrogen-bond donors (Lipinski definition) is 0. The third-order valence-corrected chi connectivity index (χ3v) is 2.75. The Hall–Kier alpha value is -0.560. The highest BCUT2D eigenvalue weighted by molar-refractivity contribution is 9.10. The van der Waals surface area contributed by atoms with E-state index in [-0.39, 0.29) is 0 Å². The lowest BCUT2D eigenvalue weighted by atomic mass is 10.0. The fourth-order valence-corrected chi connectivity index (χ4v) is 1.94. The Balaban J connectivity index is 2.41. The maximum Gasteiger partial charge on any atom is 0.0177 e. The molecule has 0 aliphatic rings. The lowest BCUT2D eigenvalue weighted by molar-refractivity contribution is 0.822. The van der Waals surface area contributed by atoms with Gasteiger partial charge in [0.05, 0.1) is 0 Å². The molecule has 1 aromatic rings. The van der Waals surface area contributed by atoms with Crippen molar-refractivity contribution in [3.05, 3.63) is 46.5 Å². The quantitative estimate of drug-likeness (QED) is 0.665. The van der Waals surface area contributed by atoms with Gasteiger partial charge in [-0.25, -0.2) is 0 Å². The van der Waals surface area contributed by atoms with Crippen LogP contribution in [0.4, 0.5) is 0 Å². The molecule has 0 aliphatic carbocycles. The summed E-state index contributed by atoms with van der Waals surface area (Å²) in [4.78, 5) is 0. The second-order valence-electron chi connectivity index (χ2n) is 3.63. The van der Waals surface area contributed by atoms with Gasteiger partial charge < -0.3 is 0 Å². The highest BCUT2D eigenvalue weighted by Gasteiger charge is 1.96. The number of halogens is 1. The molecule has 0 unspecified atom stereocenters. The van der Waals surface area contributed by atoms with Crippen molar-refractivity contribution >= 4 is 15.9 Å². The second kappa shape index (κ2) is 6.02. The van der Waals surface area contributed by atoms with Crippen LogP contribution in [0.2, 0.25) is 0 Å². The molecule has 14 heavy (non-hydrogen) atoms. The van der Waals surface area contributed by atoms with E-state index in [1.165, 1.54) is 17.6 Å². The largest absolute Gasteiger partial charge is 0.0999 e. The minimum atomic E-state index is 1.11. The summed E-state index contributed by atoms with van der Waals surface area (Å²) in [5.41, 5.74) is 2.75. The molecule has 0 N–H and O–H groups in total. The van der Waals surface area contributed by atoms with Crippen LogP contribution in [0, 0.1) is 0 Å². The van der Waals surface area contributed by atoms with Crippen LogP contribution in [0.3, 0.4) is 0 Å². The molecular weight excluding hydrogens is 236 g/mol. The van der Waals surface area contributed by atoms with Gasteiger partial charge in [0.15, 0.2) is 0 Å². The Morgan fingerprint density at radius 2 is 2.14 bits per heavy atom.